The molecule has 0 aliphatic rings. The molecule has 0 spiro atoms. The zero-order valence-corrected chi connectivity index (χ0v) is 10.9. The van der Waals surface area contributed by atoms with Gasteiger partial charge in [-0.25, -0.2) is 21.6 Å². The topological polar surface area (TPSA) is 60.2 Å². The third kappa shape index (κ3) is 2.93. The number of sulfone groups is 1. The molecule has 106 valence electrons. The average molecular weight is 301 g/mol. The maximum Gasteiger partial charge on any atom is 0.185 e. The Hall–Kier alpha value is -2.02. The van der Waals surface area contributed by atoms with Crippen molar-refractivity contribution in [2.75, 3.05) is 5.73 Å². The second-order valence-electron chi connectivity index (χ2n) is 4.18. The Morgan fingerprint density at radius 1 is 0.950 bits per heavy atom. The number of rotatable bonds is 3. The van der Waals surface area contributed by atoms with Gasteiger partial charge in [0.05, 0.1) is 5.75 Å². The summed E-state index contributed by atoms with van der Waals surface area (Å²) in [5.74, 6) is -3.32. The summed E-state index contributed by atoms with van der Waals surface area (Å²) >= 11 is 0. The number of benzene rings is 2. The molecular formula is C13H10F3NO2S. The average Bonchev–Trinajstić information content (AvgIpc) is 2.36. The third-order valence-electron chi connectivity index (χ3n) is 2.68. The van der Waals surface area contributed by atoms with Gasteiger partial charge < -0.3 is 5.73 Å². The summed E-state index contributed by atoms with van der Waals surface area (Å²) in [6.07, 6.45) is 0. The van der Waals surface area contributed by atoms with E-state index in [1.165, 1.54) is 6.07 Å². The van der Waals surface area contributed by atoms with Crippen LogP contribution in [-0.4, -0.2) is 8.42 Å². The van der Waals surface area contributed by atoms with Crippen molar-refractivity contribution in [3.05, 3.63) is 59.4 Å². The van der Waals surface area contributed by atoms with E-state index in [-0.39, 0.29) is 11.3 Å². The molecule has 2 aromatic rings. The SMILES string of the molecule is Nc1ccc(F)cc1CS(=O)(=O)c1cc(F)ccc1F. The lowest BCUT2D eigenvalue weighted by Crippen LogP contribution is -2.09. The second kappa shape index (κ2) is 5.16. The Kier molecular flexibility index (Phi) is 3.71. The Bertz CT molecular complexity index is 760. The molecule has 0 radical (unpaired) electrons. The highest BCUT2D eigenvalue weighted by molar-refractivity contribution is 7.90. The maximum atomic E-state index is 13.5. The number of nitrogen functional groups attached to an aromatic ring is 1. The highest BCUT2D eigenvalue weighted by atomic mass is 32.2. The van der Waals surface area contributed by atoms with E-state index in [2.05, 4.69) is 0 Å². The Balaban J connectivity index is 2.46. The van der Waals surface area contributed by atoms with E-state index in [0.717, 1.165) is 24.3 Å². The molecule has 0 saturated carbocycles. The van der Waals surface area contributed by atoms with Crippen molar-refractivity contribution >= 4 is 15.5 Å². The van der Waals surface area contributed by atoms with Crippen molar-refractivity contribution in [2.24, 2.45) is 0 Å². The van der Waals surface area contributed by atoms with Gasteiger partial charge in [0.2, 0.25) is 0 Å². The van der Waals surface area contributed by atoms with E-state index in [4.69, 9.17) is 5.73 Å². The van der Waals surface area contributed by atoms with Crippen molar-refractivity contribution in [1.29, 1.82) is 0 Å². The zero-order chi connectivity index (χ0) is 14.9. The van der Waals surface area contributed by atoms with E-state index in [1.807, 2.05) is 0 Å². The number of anilines is 1. The Morgan fingerprint density at radius 3 is 2.25 bits per heavy atom. The minimum absolute atomic E-state index is 0.00587. The molecule has 7 heteroatoms. The van der Waals surface area contributed by atoms with Crippen LogP contribution < -0.4 is 5.73 Å². The van der Waals surface area contributed by atoms with Gasteiger partial charge in [-0.2, -0.15) is 0 Å². The van der Waals surface area contributed by atoms with Crippen molar-refractivity contribution < 1.29 is 21.6 Å². The molecule has 2 rings (SSSR count). The van der Waals surface area contributed by atoms with Crippen LogP contribution in [0.3, 0.4) is 0 Å². The fraction of sp³-hybridized carbons (Fsp3) is 0.0769. The first-order valence-electron chi connectivity index (χ1n) is 5.51. The predicted molar refractivity (Wildman–Crippen MR) is 68.1 cm³/mol. The van der Waals surface area contributed by atoms with Crippen LogP contribution in [-0.2, 0) is 15.6 Å². The van der Waals surface area contributed by atoms with Gasteiger partial charge >= 0.3 is 0 Å². The van der Waals surface area contributed by atoms with Crippen LogP contribution in [0, 0.1) is 17.5 Å². The predicted octanol–water partition coefficient (Wildman–Crippen LogP) is 2.66. The lowest BCUT2D eigenvalue weighted by molar-refractivity contribution is 0.552. The molecule has 0 unspecified atom stereocenters. The molecule has 0 aromatic heterocycles. The van der Waals surface area contributed by atoms with Crippen LogP contribution in [0.2, 0.25) is 0 Å². The van der Waals surface area contributed by atoms with Gasteiger partial charge in [-0.3, -0.25) is 0 Å². The second-order valence-corrected chi connectivity index (χ2v) is 6.13. The Labute approximate surface area is 113 Å². The van der Waals surface area contributed by atoms with Gasteiger partial charge in [-0.15, -0.1) is 0 Å². The standard InChI is InChI=1S/C13H10F3NO2S/c14-9-2-4-12(17)8(5-9)7-20(18,19)13-6-10(15)1-3-11(13)16/h1-6H,7,17H2. The van der Waals surface area contributed by atoms with Gasteiger partial charge in [-0.1, -0.05) is 0 Å². The molecule has 20 heavy (non-hydrogen) atoms. The van der Waals surface area contributed by atoms with E-state index in [0.29, 0.717) is 6.07 Å². The normalized spacial score (nSPS) is 11.6. The van der Waals surface area contributed by atoms with E-state index in [9.17, 15) is 21.6 Å². The molecule has 2 aromatic carbocycles. The maximum absolute atomic E-state index is 13.5. The molecule has 0 aliphatic heterocycles. The van der Waals surface area contributed by atoms with Crippen molar-refractivity contribution in [1.82, 2.24) is 0 Å². The molecule has 0 fully saturated rings. The number of hydrogen-bond acceptors (Lipinski definition) is 3. The van der Waals surface area contributed by atoms with E-state index in [1.54, 1.807) is 0 Å². The Morgan fingerprint density at radius 2 is 1.55 bits per heavy atom. The first kappa shape index (κ1) is 14.4. The molecule has 3 nitrogen and oxygen atoms in total. The van der Waals surface area contributed by atoms with Gasteiger partial charge in [0.1, 0.15) is 22.3 Å². The number of halogens is 3. The monoisotopic (exact) mass is 301 g/mol. The number of hydrogen-bond donors (Lipinski definition) is 1. The van der Waals surface area contributed by atoms with Crippen LogP contribution in [0.4, 0.5) is 18.9 Å². The van der Waals surface area contributed by atoms with Crippen molar-refractivity contribution in [3.8, 4) is 0 Å². The van der Waals surface area contributed by atoms with Gasteiger partial charge in [0.25, 0.3) is 0 Å². The molecule has 0 bridgehead atoms. The van der Waals surface area contributed by atoms with Gasteiger partial charge in [0.15, 0.2) is 9.84 Å². The van der Waals surface area contributed by atoms with Crippen LogP contribution in [0.1, 0.15) is 5.56 Å². The summed E-state index contributed by atoms with van der Waals surface area (Å²) in [6.45, 7) is 0. The molecule has 0 atom stereocenters. The first-order chi connectivity index (χ1) is 9.29. The summed E-state index contributed by atoms with van der Waals surface area (Å²) in [4.78, 5) is -0.777. The molecule has 0 aliphatic carbocycles. The summed E-state index contributed by atoms with van der Waals surface area (Å²) < 4.78 is 63.7. The summed E-state index contributed by atoms with van der Waals surface area (Å²) in [5.41, 5.74) is 5.60. The molecule has 2 N–H and O–H groups in total. The fourth-order valence-corrected chi connectivity index (χ4v) is 3.17. The fourth-order valence-electron chi connectivity index (χ4n) is 1.70. The lowest BCUT2D eigenvalue weighted by Gasteiger charge is -2.08. The van der Waals surface area contributed by atoms with Crippen molar-refractivity contribution in [3.63, 3.8) is 0 Å². The molecule has 0 amide bonds. The zero-order valence-electron chi connectivity index (χ0n) is 10.1. The summed E-state index contributed by atoms with van der Waals surface area (Å²) in [5, 5.41) is 0. The van der Waals surface area contributed by atoms with Gasteiger partial charge in [0, 0.05) is 5.69 Å². The van der Waals surface area contributed by atoms with Crippen LogP contribution >= 0.6 is 0 Å². The smallest absolute Gasteiger partial charge is 0.185 e. The van der Waals surface area contributed by atoms with E-state index < -0.39 is 37.9 Å². The number of nitrogens with two attached hydrogens (primary N) is 1. The molecule has 0 heterocycles. The van der Waals surface area contributed by atoms with E-state index >= 15 is 0 Å². The first-order valence-corrected chi connectivity index (χ1v) is 7.16. The lowest BCUT2D eigenvalue weighted by atomic mass is 10.2. The van der Waals surface area contributed by atoms with Crippen LogP contribution in [0.15, 0.2) is 41.3 Å². The molecular weight excluding hydrogens is 291 g/mol. The highest BCUT2D eigenvalue weighted by Crippen LogP contribution is 2.23. The third-order valence-corrected chi connectivity index (χ3v) is 4.35. The van der Waals surface area contributed by atoms with Gasteiger partial charge in [-0.05, 0) is 42.0 Å². The minimum atomic E-state index is -4.17. The quantitative estimate of drug-likeness (QED) is 0.887. The molecule has 0 saturated heterocycles. The van der Waals surface area contributed by atoms with Crippen LogP contribution in [0.25, 0.3) is 0 Å². The minimum Gasteiger partial charge on any atom is -0.398 e. The van der Waals surface area contributed by atoms with Crippen molar-refractivity contribution in [2.45, 2.75) is 10.6 Å². The summed E-state index contributed by atoms with van der Waals surface area (Å²) in [6, 6.07) is 5.35. The highest BCUT2D eigenvalue weighted by Gasteiger charge is 2.22. The summed E-state index contributed by atoms with van der Waals surface area (Å²) in [7, 11) is -4.17. The largest absolute Gasteiger partial charge is 0.398 e. The van der Waals surface area contributed by atoms with Crippen LogP contribution in [0.5, 0.6) is 0 Å².